The zero-order valence-electron chi connectivity index (χ0n) is 14.2. The third-order valence-corrected chi connectivity index (χ3v) is 4.33. The quantitative estimate of drug-likeness (QED) is 0.935. The summed E-state index contributed by atoms with van der Waals surface area (Å²) in [5.41, 5.74) is 2.77. The van der Waals surface area contributed by atoms with Crippen LogP contribution in [0.5, 0.6) is 0 Å². The molecule has 1 aliphatic rings. The molecule has 128 valence electrons. The van der Waals surface area contributed by atoms with Crippen LogP contribution in [-0.2, 0) is 13.1 Å². The van der Waals surface area contributed by atoms with Gasteiger partial charge in [0, 0.05) is 39.3 Å². The summed E-state index contributed by atoms with van der Waals surface area (Å²) in [7, 11) is 0. The first-order chi connectivity index (χ1) is 12.3. The van der Waals surface area contributed by atoms with Crippen LogP contribution < -0.4 is 5.32 Å². The molecule has 5 heteroatoms. The monoisotopic (exact) mass is 334 g/mol. The number of nitrogens with zero attached hydrogens (tertiary/aromatic N) is 3. The molecule has 3 rings (SSSR count). The van der Waals surface area contributed by atoms with Gasteiger partial charge < -0.3 is 15.1 Å². The molecule has 0 aliphatic carbocycles. The molecule has 0 bridgehead atoms. The third kappa shape index (κ3) is 4.59. The zero-order valence-corrected chi connectivity index (χ0v) is 14.2. The van der Waals surface area contributed by atoms with Crippen LogP contribution in [-0.4, -0.2) is 42.0 Å². The predicted molar refractivity (Wildman–Crippen MR) is 96.7 cm³/mol. The van der Waals surface area contributed by atoms with Gasteiger partial charge >= 0.3 is 6.03 Å². The molecule has 0 spiro atoms. The van der Waals surface area contributed by atoms with Gasteiger partial charge in [-0.05, 0) is 23.3 Å². The first kappa shape index (κ1) is 17.0. The first-order valence-electron chi connectivity index (χ1n) is 8.54. The lowest BCUT2D eigenvalue weighted by molar-refractivity contribution is 0.141. The number of benzene rings is 2. The van der Waals surface area contributed by atoms with Crippen LogP contribution in [0.3, 0.4) is 0 Å². The molecular weight excluding hydrogens is 312 g/mol. The molecule has 25 heavy (non-hydrogen) atoms. The van der Waals surface area contributed by atoms with E-state index in [1.165, 1.54) is 0 Å². The molecule has 0 atom stereocenters. The number of piperazine rings is 1. The van der Waals surface area contributed by atoms with Crippen molar-refractivity contribution < 1.29 is 4.79 Å². The lowest BCUT2D eigenvalue weighted by Gasteiger charge is -2.33. The second-order valence-corrected chi connectivity index (χ2v) is 6.17. The van der Waals surface area contributed by atoms with Gasteiger partial charge in [-0.15, -0.1) is 0 Å². The van der Waals surface area contributed by atoms with E-state index in [0.29, 0.717) is 18.7 Å². The van der Waals surface area contributed by atoms with Gasteiger partial charge in [0.05, 0.1) is 11.6 Å². The van der Waals surface area contributed by atoms with E-state index in [1.807, 2.05) is 52.3 Å². The molecule has 1 saturated heterocycles. The highest BCUT2D eigenvalue weighted by Crippen LogP contribution is 2.14. The molecule has 5 nitrogen and oxygen atoms in total. The topological polar surface area (TPSA) is 59.4 Å². The van der Waals surface area contributed by atoms with Gasteiger partial charge in [0.1, 0.15) is 0 Å². The van der Waals surface area contributed by atoms with Crippen molar-refractivity contribution in [2.24, 2.45) is 0 Å². The highest BCUT2D eigenvalue weighted by atomic mass is 16.2. The van der Waals surface area contributed by atoms with Crippen LogP contribution in [0.2, 0.25) is 0 Å². The van der Waals surface area contributed by atoms with Crippen molar-refractivity contribution in [2.45, 2.75) is 13.1 Å². The molecule has 0 aromatic heterocycles. The molecule has 1 aliphatic heterocycles. The van der Waals surface area contributed by atoms with E-state index in [9.17, 15) is 4.79 Å². The second kappa shape index (κ2) is 8.32. The zero-order chi connectivity index (χ0) is 17.5. The summed E-state index contributed by atoms with van der Waals surface area (Å²) < 4.78 is 0. The number of carbonyl (C=O) groups excluding carboxylic acids is 1. The summed E-state index contributed by atoms with van der Waals surface area (Å²) in [5, 5.41) is 12.2. The SMILES string of the molecule is N#Cc1ccc(CN(Cc2ccccc2)C(=O)N2CCNCC2)cc1. The number of carbonyl (C=O) groups is 1. The Labute approximate surface area is 148 Å². The van der Waals surface area contributed by atoms with Gasteiger partial charge in [0.25, 0.3) is 0 Å². The van der Waals surface area contributed by atoms with Crippen molar-refractivity contribution in [3.8, 4) is 6.07 Å². The first-order valence-corrected chi connectivity index (χ1v) is 8.54. The number of nitrogens with one attached hydrogen (secondary N) is 1. The van der Waals surface area contributed by atoms with E-state index in [-0.39, 0.29) is 6.03 Å². The Hall–Kier alpha value is -2.84. The van der Waals surface area contributed by atoms with E-state index in [2.05, 4.69) is 11.4 Å². The molecule has 1 heterocycles. The lowest BCUT2D eigenvalue weighted by atomic mass is 10.1. The minimum atomic E-state index is 0.0645. The largest absolute Gasteiger partial charge is 0.322 e. The Morgan fingerprint density at radius 1 is 1.00 bits per heavy atom. The van der Waals surface area contributed by atoms with E-state index >= 15 is 0 Å². The van der Waals surface area contributed by atoms with Crippen molar-refractivity contribution in [3.63, 3.8) is 0 Å². The van der Waals surface area contributed by atoms with Crippen LogP contribution >= 0.6 is 0 Å². The Morgan fingerprint density at radius 3 is 2.20 bits per heavy atom. The third-order valence-electron chi connectivity index (χ3n) is 4.33. The normalized spacial score (nSPS) is 14.0. The number of hydrogen-bond donors (Lipinski definition) is 1. The summed E-state index contributed by atoms with van der Waals surface area (Å²) in [6, 6.07) is 19.7. The fraction of sp³-hybridized carbons (Fsp3) is 0.300. The van der Waals surface area contributed by atoms with Crippen LogP contribution in [0.25, 0.3) is 0 Å². The van der Waals surface area contributed by atoms with Crippen molar-refractivity contribution in [3.05, 3.63) is 71.3 Å². The number of nitriles is 1. The number of rotatable bonds is 4. The van der Waals surface area contributed by atoms with Crippen molar-refractivity contribution >= 4 is 6.03 Å². The molecule has 0 unspecified atom stereocenters. The molecule has 0 radical (unpaired) electrons. The van der Waals surface area contributed by atoms with Gasteiger partial charge in [0.15, 0.2) is 0 Å². The summed E-state index contributed by atoms with van der Waals surface area (Å²) in [6.45, 7) is 4.24. The minimum Gasteiger partial charge on any atom is -0.322 e. The van der Waals surface area contributed by atoms with Gasteiger partial charge in [-0.3, -0.25) is 0 Å². The standard InChI is InChI=1S/C20H22N4O/c21-14-17-6-8-19(9-7-17)16-24(15-18-4-2-1-3-5-18)20(25)23-12-10-22-11-13-23/h1-9,22H,10-13,15-16H2. The molecule has 2 aromatic carbocycles. The molecule has 2 aromatic rings. The molecule has 2 amide bonds. The summed E-state index contributed by atoms with van der Waals surface area (Å²) in [5.74, 6) is 0. The van der Waals surface area contributed by atoms with Crippen molar-refractivity contribution in [1.82, 2.24) is 15.1 Å². The maximum atomic E-state index is 13.0. The highest BCUT2D eigenvalue weighted by Gasteiger charge is 2.22. The molecule has 0 saturated carbocycles. The maximum absolute atomic E-state index is 13.0. The van der Waals surface area contributed by atoms with Crippen LogP contribution in [0.15, 0.2) is 54.6 Å². The van der Waals surface area contributed by atoms with E-state index < -0.39 is 0 Å². The van der Waals surface area contributed by atoms with Gasteiger partial charge in [-0.25, -0.2) is 4.79 Å². The fourth-order valence-corrected chi connectivity index (χ4v) is 2.96. The lowest BCUT2D eigenvalue weighted by Crippen LogP contribution is -2.51. The number of urea groups is 1. The molecule has 1 fully saturated rings. The molecular formula is C20H22N4O. The van der Waals surface area contributed by atoms with Gasteiger partial charge in [-0.1, -0.05) is 42.5 Å². The van der Waals surface area contributed by atoms with Crippen LogP contribution in [0, 0.1) is 11.3 Å². The minimum absolute atomic E-state index is 0.0645. The van der Waals surface area contributed by atoms with E-state index in [4.69, 9.17) is 5.26 Å². The van der Waals surface area contributed by atoms with Gasteiger partial charge in [-0.2, -0.15) is 5.26 Å². The van der Waals surface area contributed by atoms with E-state index in [0.717, 1.165) is 37.3 Å². The highest BCUT2D eigenvalue weighted by molar-refractivity contribution is 5.74. The Balaban J connectivity index is 1.77. The molecule has 1 N–H and O–H groups in total. The van der Waals surface area contributed by atoms with Crippen molar-refractivity contribution in [1.29, 1.82) is 5.26 Å². The number of amides is 2. The van der Waals surface area contributed by atoms with Crippen LogP contribution in [0.4, 0.5) is 4.79 Å². The van der Waals surface area contributed by atoms with Gasteiger partial charge in [0.2, 0.25) is 0 Å². The maximum Gasteiger partial charge on any atom is 0.320 e. The summed E-state index contributed by atoms with van der Waals surface area (Å²) in [4.78, 5) is 16.8. The van der Waals surface area contributed by atoms with Crippen molar-refractivity contribution in [2.75, 3.05) is 26.2 Å². The Kier molecular flexibility index (Phi) is 5.65. The van der Waals surface area contributed by atoms with Crippen LogP contribution in [0.1, 0.15) is 16.7 Å². The average molecular weight is 334 g/mol. The predicted octanol–water partition coefficient (Wildman–Crippen LogP) is 2.59. The second-order valence-electron chi connectivity index (χ2n) is 6.17. The Bertz CT molecular complexity index is 731. The smallest absolute Gasteiger partial charge is 0.320 e. The Morgan fingerprint density at radius 2 is 1.60 bits per heavy atom. The summed E-state index contributed by atoms with van der Waals surface area (Å²) >= 11 is 0. The fourth-order valence-electron chi connectivity index (χ4n) is 2.96. The van der Waals surface area contributed by atoms with E-state index in [1.54, 1.807) is 12.1 Å². The summed E-state index contributed by atoms with van der Waals surface area (Å²) in [6.07, 6.45) is 0. The number of hydrogen-bond acceptors (Lipinski definition) is 3. The average Bonchev–Trinajstić information content (AvgIpc) is 2.69.